The van der Waals surface area contributed by atoms with Crippen LogP contribution in [0.25, 0.3) is 0 Å². The average Bonchev–Trinajstić information content (AvgIpc) is 2.01. The number of rotatable bonds is 2. The molecule has 0 saturated heterocycles. The Bertz CT molecular complexity index is 163. The highest BCUT2D eigenvalue weighted by molar-refractivity contribution is 6.83. The fraction of sp³-hybridized carbons (Fsp3) is 1.00. The van der Waals surface area contributed by atoms with Crippen LogP contribution in [0.5, 0.6) is 0 Å². The van der Waals surface area contributed by atoms with E-state index in [0.29, 0.717) is 0 Å². The minimum atomic E-state index is -0.895. The molecule has 0 aromatic heterocycles. The largest absolute Gasteiger partial charge is 0.0693 e. The van der Waals surface area contributed by atoms with Crippen LogP contribution in [0.3, 0.4) is 0 Å². The predicted molar refractivity (Wildman–Crippen MR) is 72.7 cm³/mol. The molecule has 1 aliphatic carbocycles. The summed E-state index contributed by atoms with van der Waals surface area (Å²) in [6.07, 6.45) is 6.11. The molecule has 0 N–H and O–H groups in total. The highest BCUT2D eigenvalue weighted by atomic mass is 28.3. The van der Waals surface area contributed by atoms with E-state index in [2.05, 4.69) is 39.3 Å². The molecule has 1 rings (SSSR count). The van der Waals surface area contributed by atoms with Crippen molar-refractivity contribution in [2.75, 3.05) is 0 Å². The van der Waals surface area contributed by atoms with E-state index in [9.17, 15) is 0 Å². The van der Waals surface area contributed by atoms with Crippen LogP contribution in [0.4, 0.5) is 0 Å². The standard InChI is InChI=1S/C12H28Si2/c1-13(2,3)11-9-7-8-10-12(11)14(4,5)6/h11-12H,7-10H2,1-6H3/t11-,12-/m1/s1. The zero-order valence-electron chi connectivity index (χ0n) is 11.0. The van der Waals surface area contributed by atoms with Crippen LogP contribution in [-0.2, 0) is 0 Å². The molecule has 0 aromatic rings. The SMILES string of the molecule is C[Si](C)(C)[C@@H]1CCCC[C@H]1[Si](C)(C)C. The maximum atomic E-state index is 2.58. The van der Waals surface area contributed by atoms with Gasteiger partial charge >= 0.3 is 0 Å². The van der Waals surface area contributed by atoms with Gasteiger partial charge in [0.05, 0.1) is 0 Å². The van der Waals surface area contributed by atoms with Crippen molar-refractivity contribution in [3.05, 3.63) is 0 Å². The maximum Gasteiger partial charge on any atom is 0.0473 e. The highest BCUT2D eigenvalue weighted by Crippen LogP contribution is 2.49. The third-order valence-electron chi connectivity index (χ3n) is 3.99. The first-order chi connectivity index (χ1) is 6.23. The van der Waals surface area contributed by atoms with Gasteiger partial charge in [0.2, 0.25) is 0 Å². The van der Waals surface area contributed by atoms with Crippen molar-refractivity contribution in [3.63, 3.8) is 0 Å². The van der Waals surface area contributed by atoms with Gasteiger partial charge in [-0.3, -0.25) is 0 Å². The van der Waals surface area contributed by atoms with Gasteiger partial charge < -0.3 is 0 Å². The van der Waals surface area contributed by atoms with Gasteiger partial charge in [0, 0.05) is 16.1 Å². The zero-order chi connectivity index (χ0) is 11.0. The summed E-state index contributed by atoms with van der Waals surface area (Å²) in [6, 6.07) is 0. The molecule has 0 radical (unpaired) electrons. The van der Waals surface area contributed by atoms with Crippen LogP contribution in [0, 0.1) is 0 Å². The van der Waals surface area contributed by atoms with Gasteiger partial charge in [0.1, 0.15) is 0 Å². The Kier molecular flexibility index (Phi) is 3.69. The van der Waals surface area contributed by atoms with E-state index in [1.165, 1.54) is 12.8 Å². The summed E-state index contributed by atoms with van der Waals surface area (Å²) in [5.74, 6) is 0. The van der Waals surface area contributed by atoms with Crippen molar-refractivity contribution in [1.82, 2.24) is 0 Å². The highest BCUT2D eigenvalue weighted by Gasteiger charge is 2.41. The van der Waals surface area contributed by atoms with E-state index in [-0.39, 0.29) is 0 Å². The smallest absolute Gasteiger partial charge is 0.0473 e. The van der Waals surface area contributed by atoms with Gasteiger partial charge in [-0.1, -0.05) is 65.0 Å². The molecular weight excluding hydrogens is 200 g/mol. The van der Waals surface area contributed by atoms with Gasteiger partial charge in [-0.15, -0.1) is 0 Å². The maximum absolute atomic E-state index is 2.58. The van der Waals surface area contributed by atoms with E-state index in [1.54, 1.807) is 12.8 Å². The van der Waals surface area contributed by atoms with Crippen molar-refractivity contribution >= 4 is 16.1 Å². The zero-order valence-corrected chi connectivity index (χ0v) is 13.0. The monoisotopic (exact) mass is 228 g/mol. The van der Waals surface area contributed by atoms with Crippen molar-refractivity contribution in [1.29, 1.82) is 0 Å². The summed E-state index contributed by atoms with van der Waals surface area (Å²) < 4.78 is 0. The lowest BCUT2D eigenvalue weighted by atomic mass is 9.99. The predicted octanol–water partition coefficient (Wildman–Crippen LogP) is 4.98. The van der Waals surface area contributed by atoms with Gasteiger partial charge in [-0.05, 0) is 11.1 Å². The molecule has 1 aliphatic rings. The van der Waals surface area contributed by atoms with Crippen LogP contribution in [-0.4, -0.2) is 16.1 Å². The first kappa shape index (κ1) is 12.5. The van der Waals surface area contributed by atoms with E-state index < -0.39 is 16.1 Å². The van der Waals surface area contributed by atoms with Gasteiger partial charge in [-0.25, -0.2) is 0 Å². The summed E-state index contributed by atoms with van der Waals surface area (Å²) in [4.78, 5) is 0. The lowest BCUT2D eigenvalue weighted by Gasteiger charge is -2.45. The van der Waals surface area contributed by atoms with Crippen LogP contribution < -0.4 is 0 Å². The van der Waals surface area contributed by atoms with Crippen molar-refractivity contribution in [2.45, 2.75) is 76.0 Å². The summed E-state index contributed by atoms with van der Waals surface area (Å²) in [5.41, 5.74) is 2.26. The van der Waals surface area contributed by atoms with Crippen LogP contribution >= 0.6 is 0 Å². The molecule has 0 nitrogen and oxygen atoms in total. The lowest BCUT2D eigenvalue weighted by molar-refractivity contribution is 0.482. The second kappa shape index (κ2) is 4.13. The van der Waals surface area contributed by atoms with Gasteiger partial charge in [0.25, 0.3) is 0 Å². The fourth-order valence-electron chi connectivity index (χ4n) is 3.20. The van der Waals surface area contributed by atoms with Crippen molar-refractivity contribution < 1.29 is 0 Å². The molecule has 0 heterocycles. The summed E-state index contributed by atoms with van der Waals surface area (Å²) >= 11 is 0. The Labute approximate surface area is 92.5 Å². The Hall–Kier alpha value is 0.434. The Balaban J connectivity index is 2.80. The van der Waals surface area contributed by atoms with E-state index in [0.717, 1.165) is 11.1 Å². The second-order valence-corrected chi connectivity index (χ2v) is 18.2. The molecule has 0 spiro atoms. The fourth-order valence-corrected chi connectivity index (χ4v) is 11.1. The Morgan fingerprint density at radius 3 is 1.14 bits per heavy atom. The summed E-state index contributed by atoms with van der Waals surface area (Å²) in [6.45, 7) is 15.5. The van der Waals surface area contributed by atoms with Gasteiger partial charge in [-0.2, -0.15) is 0 Å². The molecule has 0 amide bonds. The minimum Gasteiger partial charge on any atom is -0.0693 e. The van der Waals surface area contributed by atoms with E-state index in [1.807, 2.05) is 0 Å². The first-order valence-electron chi connectivity index (χ1n) is 6.23. The third kappa shape index (κ3) is 2.96. The van der Waals surface area contributed by atoms with Crippen LogP contribution in [0.15, 0.2) is 0 Å². The minimum absolute atomic E-state index is 0.895. The molecule has 0 bridgehead atoms. The van der Waals surface area contributed by atoms with E-state index >= 15 is 0 Å². The molecule has 0 aromatic carbocycles. The second-order valence-electron chi connectivity index (χ2n) is 7.23. The van der Waals surface area contributed by atoms with Crippen LogP contribution in [0.2, 0.25) is 50.4 Å². The summed E-state index contributed by atoms with van der Waals surface area (Å²) in [7, 11) is -1.79. The molecule has 1 saturated carbocycles. The van der Waals surface area contributed by atoms with Crippen molar-refractivity contribution in [2.24, 2.45) is 0 Å². The molecule has 0 unspecified atom stereocenters. The average molecular weight is 229 g/mol. The molecule has 14 heavy (non-hydrogen) atoms. The van der Waals surface area contributed by atoms with Gasteiger partial charge in [0.15, 0.2) is 0 Å². The molecule has 1 fully saturated rings. The molecule has 0 aliphatic heterocycles. The Morgan fingerprint density at radius 1 is 0.643 bits per heavy atom. The number of hydrogen-bond acceptors (Lipinski definition) is 0. The molecule has 2 heteroatoms. The normalized spacial score (nSPS) is 30.4. The number of hydrogen-bond donors (Lipinski definition) is 0. The molecule has 2 atom stereocenters. The lowest BCUT2D eigenvalue weighted by Crippen LogP contribution is -2.42. The van der Waals surface area contributed by atoms with Crippen molar-refractivity contribution in [3.8, 4) is 0 Å². The molecule has 84 valence electrons. The topological polar surface area (TPSA) is 0 Å². The van der Waals surface area contributed by atoms with E-state index in [4.69, 9.17) is 0 Å². The molecular formula is C12H28Si2. The third-order valence-corrected chi connectivity index (χ3v) is 10.2. The quantitative estimate of drug-likeness (QED) is 0.585. The summed E-state index contributed by atoms with van der Waals surface area (Å²) in [5, 5.41) is 0. The Morgan fingerprint density at radius 2 is 0.929 bits per heavy atom. The van der Waals surface area contributed by atoms with Crippen LogP contribution in [0.1, 0.15) is 25.7 Å². The first-order valence-corrected chi connectivity index (χ1v) is 13.4.